The molecule has 1 rings (SSSR count). The van der Waals surface area contributed by atoms with E-state index in [1.54, 1.807) is 18.2 Å². The Balaban J connectivity index is 2.84. The van der Waals surface area contributed by atoms with Crippen molar-refractivity contribution in [1.29, 1.82) is 0 Å². The number of hydrogen-bond donors (Lipinski definition) is 1. The van der Waals surface area contributed by atoms with E-state index in [9.17, 15) is 13.6 Å². The van der Waals surface area contributed by atoms with Crippen molar-refractivity contribution in [2.24, 2.45) is 0 Å². The molecule has 1 N–H and O–H groups in total. The van der Waals surface area contributed by atoms with Crippen LogP contribution in [0.2, 0.25) is 0 Å². The van der Waals surface area contributed by atoms with E-state index in [4.69, 9.17) is 0 Å². The molecule has 0 saturated carbocycles. The summed E-state index contributed by atoms with van der Waals surface area (Å²) in [4.78, 5) is 0.114. The molecule has 0 heterocycles. The standard InChI is InChI=1S/C10H15NO3S/c1-2-3-9-11(12)15(13,14)10-7-5-4-6-8-10/h4-8,12H,2-3,9H2,1H3. The largest absolute Gasteiger partial charge is 0.299 e. The Morgan fingerprint density at radius 2 is 1.87 bits per heavy atom. The van der Waals surface area contributed by atoms with Gasteiger partial charge < -0.3 is 0 Å². The van der Waals surface area contributed by atoms with Gasteiger partial charge in [0.25, 0.3) is 10.0 Å². The quantitative estimate of drug-likeness (QED) is 0.784. The summed E-state index contributed by atoms with van der Waals surface area (Å²) in [5.41, 5.74) is 0. The number of nitrogens with zero attached hydrogens (tertiary/aromatic N) is 1. The van der Waals surface area contributed by atoms with E-state index in [-0.39, 0.29) is 11.4 Å². The molecule has 0 amide bonds. The molecule has 0 bridgehead atoms. The van der Waals surface area contributed by atoms with Gasteiger partial charge in [-0.05, 0) is 18.6 Å². The third-order valence-electron chi connectivity index (χ3n) is 2.02. The predicted molar refractivity (Wildman–Crippen MR) is 57.0 cm³/mol. The smallest absolute Gasteiger partial charge is 0.264 e. The molecule has 0 aliphatic heterocycles. The summed E-state index contributed by atoms with van der Waals surface area (Å²) in [5.74, 6) is 0. The van der Waals surface area contributed by atoms with Crippen LogP contribution in [0.5, 0.6) is 0 Å². The molecule has 15 heavy (non-hydrogen) atoms. The zero-order chi connectivity index (χ0) is 11.3. The second kappa shape index (κ2) is 5.25. The molecule has 1 aromatic carbocycles. The lowest BCUT2D eigenvalue weighted by Gasteiger charge is -2.14. The van der Waals surface area contributed by atoms with Crippen molar-refractivity contribution in [2.45, 2.75) is 24.7 Å². The van der Waals surface area contributed by atoms with Gasteiger partial charge >= 0.3 is 0 Å². The minimum Gasteiger partial charge on any atom is -0.299 e. The van der Waals surface area contributed by atoms with E-state index in [1.165, 1.54) is 12.1 Å². The topological polar surface area (TPSA) is 57.6 Å². The van der Waals surface area contributed by atoms with Crippen LogP contribution < -0.4 is 0 Å². The molecule has 0 aromatic heterocycles. The summed E-state index contributed by atoms with van der Waals surface area (Å²) in [6, 6.07) is 7.91. The van der Waals surface area contributed by atoms with E-state index in [1.807, 2.05) is 6.92 Å². The zero-order valence-corrected chi connectivity index (χ0v) is 9.44. The summed E-state index contributed by atoms with van der Waals surface area (Å²) in [6.45, 7) is 2.07. The van der Waals surface area contributed by atoms with Crippen molar-refractivity contribution >= 4 is 10.0 Å². The molecule has 1 aromatic rings. The summed E-state index contributed by atoms with van der Waals surface area (Å²) in [7, 11) is -3.72. The summed E-state index contributed by atoms with van der Waals surface area (Å²) in [6.07, 6.45) is 1.48. The van der Waals surface area contributed by atoms with Crippen LogP contribution in [-0.4, -0.2) is 24.6 Å². The molecule has 84 valence electrons. The molecule has 0 aliphatic rings. The van der Waals surface area contributed by atoms with Crippen molar-refractivity contribution in [2.75, 3.05) is 6.54 Å². The lowest BCUT2D eigenvalue weighted by molar-refractivity contribution is 0.00228. The van der Waals surface area contributed by atoms with Gasteiger partial charge in [-0.3, -0.25) is 5.21 Å². The van der Waals surface area contributed by atoms with Gasteiger partial charge in [-0.25, -0.2) is 8.42 Å². The normalized spacial score (nSPS) is 11.9. The third-order valence-corrected chi connectivity index (χ3v) is 3.63. The van der Waals surface area contributed by atoms with Crippen LogP contribution in [0.3, 0.4) is 0 Å². The maximum Gasteiger partial charge on any atom is 0.264 e. The zero-order valence-electron chi connectivity index (χ0n) is 8.63. The molecular formula is C10H15NO3S. The van der Waals surface area contributed by atoms with E-state index in [0.717, 1.165) is 6.42 Å². The van der Waals surface area contributed by atoms with Gasteiger partial charge in [0, 0.05) is 6.54 Å². The maximum atomic E-state index is 11.7. The summed E-state index contributed by atoms with van der Waals surface area (Å²) < 4.78 is 23.8. The highest BCUT2D eigenvalue weighted by Crippen LogP contribution is 2.13. The molecule has 0 atom stereocenters. The van der Waals surface area contributed by atoms with Crippen LogP contribution in [0.15, 0.2) is 35.2 Å². The molecule has 4 nitrogen and oxygen atoms in total. The number of rotatable bonds is 5. The highest BCUT2D eigenvalue weighted by molar-refractivity contribution is 7.89. The Kier molecular flexibility index (Phi) is 4.26. The minimum atomic E-state index is -3.72. The SMILES string of the molecule is CCCCN(O)S(=O)(=O)c1ccccc1. The van der Waals surface area contributed by atoms with Crippen LogP contribution in [0.1, 0.15) is 19.8 Å². The van der Waals surface area contributed by atoms with Crippen LogP contribution >= 0.6 is 0 Å². The molecule has 0 saturated heterocycles. The van der Waals surface area contributed by atoms with E-state index >= 15 is 0 Å². The van der Waals surface area contributed by atoms with Gasteiger partial charge in [0.2, 0.25) is 0 Å². The first-order valence-electron chi connectivity index (χ1n) is 4.85. The van der Waals surface area contributed by atoms with Crippen molar-refractivity contribution in [1.82, 2.24) is 4.47 Å². The van der Waals surface area contributed by atoms with Crippen LogP contribution in [0.25, 0.3) is 0 Å². The molecule has 0 unspecified atom stereocenters. The van der Waals surface area contributed by atoms with E-state index in [0.29, 0.717) is 10.9 Å². The van der Waals surface area contributed by atoms with Gasteiger partial charge in [-0.1, -0.05) is 36.0 Å². The lowest BCUT2D eigenvalue weighted by Crippen LogP contribution is -2.28. The monoisotopic (exact) mass is 229 g/mol. The number of hydroxylamine groups is 1. The second-order valence-corrected chi connectivity index (χ2v) is 5.06. The van der Waals surface area contributed by atoms with Gasteiger partial charge in [0.15, 0.2) is 0 Å². The van der Waals surface area contributed by atoms with Gasteiger partial charge in [-0.2, -0.15) is 0 Å². The Morgan fingerprint density at radius 3 is 2.40 bits per heavy atom. The molecule has 0 fully saturated rings. The Bertz CT molecular complexity index is 388. The fraction of sp³-hybridized carbons (Fsp3) is 0.400. The first kappa shape index (κ1) is 12.2. The van der Waals surface area contributed by atoms with Crippen LogP contribution in [0, 0.1) is 0 Å². The fourth-order valence-electron chi connectivity index (χ4n) is 1.13. The van der Waals surface area contributed by atoms with Crippen molar-refractivity contribution < 1.29 is 13.6 Å². The van der Waals surface area contributed by atoms with E-state index < -0.39 is 10.0 Å². The Morgan fingerprint density at radius 1 is 1.27 bits per heavy atom. The first-order valence-corrected chi connectivity index (χ1v) is 6.29. The highest BCUT2D eigenvalue weighted by Gasteiger charge is 2.21. The predicted octanol–water partition coefficient (Wildman–Crippen LogP) is 1.87. The highest BCUT2D eigenvalue weighted by atomic mass is 32.2. The van der Waals surface area contributed by atoms with Crippen molar-refractivity contribution in [3.63, 3.8) is 0 Å². The Hall–Kier alpha value is -0.910. The molecular weight excluding hydrogens is 214 g/mol. The molecule has 5 heteroatoms. The minimum absolute atomic E-state index is 0.114. The Labute approximate surface area is 90.2 Å². The molecule has 0 spiro atoms. The summed E-state index contributed by atoms with van der Waals surface area (Å²) >= 11 is 0. The van der Waals surface area contributed by atoms with Gasteiger partial charge in [0.05, 0.1) is 4.90 Å². The van der Waals surface area contributed by atoms with E-state index in [2.05, 4.69) is 0 Å². The van der Waals surface area contributed by atoms with Crippen LogP contribution in [-0.2, 0) is 10.0 Å². The fourth-order valence-corrected chi connectivity index (χ4v) is 2.24. The molecule has 0 radical (unpaired) electrons. The maximum absolute atomic E-state index is 11.7. The number of unbranched alkanes of at least 4 members (excludes halogenated alkanes) is 1. The first-order chi connectivity index (χ1) is 7.09. The average molecular weight is 229 g/mol. The lowest BCUT2D eigenvalue weighted by atomic mass is 10.3. The van der Waals surface area contributed by atoms with Gasteiger partial charge in [-0.15, -0.1) is 0 Å². The van der Waals surface area contributed by atoms with Gasteiger partial charge in [0.1, 0.15) is 0 Å². The average Bonchev–Trinajstić information content (AvgIpc) is 2.27. The summed E-state index contributed by atoms with van der Waals surface area (Å²) in [5, 5.41) is 9.41. The van der Waals surface area contributed by atoms with Crippen molar-refractivity contribution in [3.05, 3.63) is 30.3 Å². The second-order valence-electron chi connectivity index (χ2n) is 3.22. The number of benzene rings is 1. The number of sulfonamides is 1. The molecule has 0 aliphatic carbocycles. The third kappa shape index (κ3) is 3.02. The number of hydrogen-bond acceptors (Lipinski definition) is 3. The van der Waals surface area contributed by atoms with Crippen molar-refractivity contribution in [3.8, 4) is 0 Å². The van der Waals surface area contributed by atoms with Crippen LogP contribution in [0.4, 0.5) is 0 Å².